The first-order valence-corrected chi connectivity index (χ1v) is 6.11. The molecule has 0 aliphatic heterocycles. The van der Waals surface area contributed by atoms with Crippen molar-refractivity contribution in [1.82, 2.24) is 0 Å². The molecule has 0 N–H and O–H groups in total. The second kappa shape index (κ2) is 4.62. The van der Waals surface area contributed by atoms with Crippen LogP contribution >= 0.6 is 11.6 Å². The minimum atomic E-state index is -0.235. The Hall–Kier alpha value is -0.760. The summed E-state index contributed by atoms with van der Waals surface area (Å²) in [6, 6.07) is 5.30. The summed E-state index contributed by atoms with van der Waals surface area (Å²) in [5.41, 5.74) is 0.842. The van der Waals surface area contributed by atoms with Crippen molar-refractivity contribution in [1.29, 1.82) is 0 Å². The van der Waals surface area contributed by atoms with E-state index in [0.29, 0.717) is 11.6 Å². The van der Waals surface area contributed by atoms with Crippen LogP contribution < -0.4 is 4.74 Å². The third kappa shape index (κ3) is 2.03. The Balaban J connectivity index is 2.21. The smallest absolute Gasteiger partial charge is 0.168 e. The second-order valence-electron chi connectivity index (χ2n) is 4.60. The van der Waals surface area contributed by atoms with E-state index in [2.05, 4.69) is 0 Å². The summed E-state index contributed by atoms with van der Waals surface area (Å²) in [6.07, 6.45) is 4.14. The monoisotopic (exact) mass is 242 g/mol. The fourth-order valence-corrected chi connectivity index (χ4v) is 2.65. The lowest BCUT2D eigenvalue weighted by Crippen LogP contribution is -2.33. The van der Waals surface area contributed by atoms with Crippen LogP contribution in [0.3, 0.4) is 0 Å². The maximum atomic E-state index is 13.9. The predicted octanol–water partition coefficient (Wildman–Crippen LogP) is 3.79. The number of alkyl halides is 1. The van der Waals surface area contributed by atoms with Crippen LogP contribution in [0.2, 0.25) is 0 Å². The van der Waals surface area contributed by atoms with Gasteiger partial charge in [0, 0.05) is 5.88 Å². The molecule has 1 saturated carbocycles. The molecule has 0 atom stereocenters. The molecule has 1 aromatic carbocycles. The van der Waals surface area contributed by atoms with E-state index in [0.717, 1.165) is 24.8 Å². The number of benzene rings is 1. The van der Waals surface area contributed by atoms with Crippen molar-refractivity contribution in [3.63, 3.8) is 0 Å². The maximum Gasteiger partial charge on any atom is 0.168 e. The standard InChI is InChI=1S/C13H16ClFO/c1-16-11-5-2-4-10(12(11)15)8-13(9-14)6-3-7-13/h2,4-5H,3,6-9H2,1H3. The summed E-state index contributed by atoms with van der Waals surface area (Å²) in [7, 11) is 1.49. The molecule has 2 rings (SSSR count). The molecule has 3 heteroatoms. The molecule has 0 amide bonds. The van der Waals surface area contributed by atoms with Gasteiger partial charge in [0.15, 0.2) is 11.6 Å². The Labute approximate surface area is 101 Å². The Kier molecular flexibility index (Phi) is 3.38. The molecule has 0 bridgehead atoms. The largest absolute Gasteiger partial charge is 0.494 e. The zero-order chi connectivity index (χ0) is 11.6. The summed E-state index contributed by atoms with van der Waals surface area (Å²) in [6.45, 7) is 0. The highest BCUT2D eigenvalue weighted by Crippen LogP contribution is 2.45. The van der Waals surface area contributed by atoms with Crippen LogP contribution in [-0.2, 0) is 6.42 Å². The summed E-state index contributed by atoms with van der Waals surface area (Å²) >= 11 is 5.98. The number of rotatable bonds is 4. The Morgan fingerprint density at radius 1 is 1.44 bits per heavy atom. The molecule has 0 aromatic heterocycles. The van der Waals surface area contributed by atoms with E-state index in [1.54, 1.807) is 6.07 Å². The molecule has 1 aliphatic carbocycles. The highest BCUT2D eigenvalue weighted by molar-refractivity contribution is 6.18. The Morgan fingerprint density at radius 2 is 2.19 bits per heavy atom. The van der Waals surface area contributed by atoms with Crippen molar-refractivity contribution in [2.24, 2.45) is 5.41 Å². The van der Waals surface area contributed by atoms with Gasteiger partial charge in [-0.05, 0) is 36.3 Å². The Morgan fingerprint density at radius 3 is 2.69 bits per heavy atom. The first kappa shape index (κ1) is 11.7. The van der Waals surface area contributed by atoms with Crippen molar-refractivity contribution in [2.45, 2.75) is 25.7 Å². The highest BCUT2D eigenvalue weighted by Gasteiger charge is 2.36. The van der Waals surface area contributed by atoms with E-state index < -0.39 is 0 Å². The average Bonchev–Trinajstić information content (AvgIpc) is 2.25. The molecule has 0 spiro atoms. The van der Waals surface area contributed by atoms with E-state index in [4.69, 9.17) is 16.3 Å². The van der Waals surface area contributed by atoms with Gasteiger partial charge in [0.2, 0.25) is 0 Å². The lowest BCUT2D eigenvalue weighted by molar-refractivity contribution is 0.164. The van der Waals surface area contributed by atoms with Gasteiger partial charge in [0.1, 0.15) is 0 Å². The summed E-state index contributed by atoms with van der Waals surface area (Å²) < 4.78 is 18.9. The second-order valence-corrected chi connectivity index (χ2v) is 4.86. The van der Waals surface area contributed by atoms with Crippen molar-refractivity contribution in [2.75, 3.05) is 13.0 Å². The van der Waals surface area contributed by atoms with Gasteiger partial charge in [-0.25, -0.2) is 4.39 Å². The number of methoxy groups -OCH3 is 1. The topological polar surface area (TPSA) is 9.23 Å². The third-order valence-electron chi connectivity index (χ3n) is 3.53. The molecule has 16 heavy (non-hydrogen) atoms. The molecule has 0 radical (unpaired) electrons. The minimum Gasteiger partial charge on any atom is -0.494 e. The molecular weight excluding hydrogens is 227 g/mol. The van der Waals surface area contributed by atoms with E-state index in [1.807, 2.05) is 12.1 Å². The summed E-state index contributed by atoms with van der Waals surface area (Å²) in [4.78, 5) is 0. The normalized spacial score (nSPS) is 17.9. The van der Waals surface area contributed by atoms with E-state index in [1.165, 1.54) is 13.5 Å². The summed E-state index contributed by atoms with van der Waals surface area (Å²) in [5, 5.41) is 0. The zero-order valence-electron chi connectivity index (χ0n) is 9.43. The number of ether oxygens (including phenoxy) is 1. The van der Waals surface area contributed by atoms with Gasteiger partial charge < -0.3 is 4.74 Å². The van der Waals surface area contributed by atoms with E-state index in [9.17, 15) is 4.39 Å². The lowest BCUT2D eigenvalue weighted by Gasteiger charge is -2.40. The van der Waals surface area contributed by atoms with Crippen molar-refractivity contribution >= 4 is 11.6 Å². The minimum absolute atomic E-state index is 0.120. The fourth-order valence-electron chi connectivity index (χ4n) is 2.29. The lowest BCUT2D eigenvalue weighted by atomic mass is 9.67. The van der Waals surface area contributed by atoms with Gasteiger partial charge in [-0.3, -0.25) is 0 Å². The van der Waals surface area contributed by atoms with Crippen LogP contribution in [0.25, 0.3) is 0 Å². The number of hydrogen-bond acceptors (Lipinski definition) is 1. The Bertz CT molecular complexity index is 369. The van der Waals surface area contributed by atoms with Crippen LogP contribution in [-0.4, -0.2) is 13.0 Å². The van der Waals surface area contributed by atoms with Crippen LogP contribution in [0.15, 0.2) is 18.2 Å². The van der Waals surface area contributed by atoms with Gasteiger partial charge in [0.25, 0.3) is 0 Å². The third-order valence-corrected chi connectivity index (χ3v) is 4.09. The molecule has 1 nitrogen and oxygen atoms in total. The molecular formula is C13H16ClFO. The predicted molar refractivity (Wildman–Crippen MR) is 63.7 cm³/mol. The SMILES string of the molecule is COc1cccc(CC2(CCl)CCC2)c1F. The van der Waals surface area contributed by atoms with Crippen LogP contribution in [0, 0.1) is 11.2 Å². The van der Waals surface area contributed by atoms with Crippen LogP contribution in [0.5, 0.6) is 5.75 Å². The van der Waals surface area contributed by atoms with E-state index >= 15 is 0 Å². The van der Waals surface area contributed by atoms with Crippen LogP contribution in [0.1, 0.15) is 24.8 Å². The molecule has 1 aromatic rings. The van der Waals surface area contributed by atoms with Gasteiger partial charge in [-0.2, -0.15) is 0 Å². The van der Waals surface area contributed by atoms with E-state index in [-0.39, 0.29) is 11.2 Å². The molecule has 0 heterocycles. The highest BCUT2D eigenvalue weighted by atomic mass is 35.5. The first-order chi connectivity index (χ1) is 7.71. The van der Waals surface area contributed by atoms with Crippen molar-refractivity contribution in [3.8, 4) is 5.75 Å². The van der Waals surface area contributed by atoms with Crippen molar-refractivity contribution < 1.29 is 9.13 Å². The quantitative estimate of drug-likeness (QED) is 0.730. The average molecular weight is 243 g/mol. The van der Waals surface area contributed by atoms with Crippen LogP contribution in [0.4, 0.5) is 4.39 Å². The van der Waals surface area contributed by atoms with Gasteiger partial charge in [0.05, 0.1) is 7.11 Å². The molecule has 1 fully saturated rings. The van der Waals surface area contributed by atoms with Gasteiger partial charge in [-0.1, -0.05) is 18.6 Å². The molecule has 0 unspecified atom stereocenters. The fraction of sp³-hybridized carbons (Fsp3) is 0.538. The van der Waals surface area contributed by atoms with Gasteiger partial charge >= 0.3 is 0 Å². The first-order valence-electron chi connectivity index (χ1n) is 5.58. The number of hydrogen-bond donors (Lipinski definition) is 0. The molecule has 1 aliphatic rings. The summed E-state index contributed by atoms with van der Waals surface area (Å²) in [5.74, 6) is 0.701. The van der Waals surface area contributed by atoms with Gasteiger partial charge in [-0.15, -0.1) is 11.6 Å². The zero-order valence-corrected chi connectivity index (χ0v) is 10.2. The molecule has 0 saturated heterocycles. The number of halogens is 2. The molecule has 88 valence electrons. The van der Waals surface area contributed by atoms with Crippen molar-refractivity contribution in [3.05, 3.63) is 29.6 Å². The maximum absolute atomic E-state index is 13.9.